The monoisotopic (exact) mass is 316 g/mol. The van der Waals surface area contributed by atoms with Gasteiger partial charge in [0.15, 0.2) is 5.69 Å². The molecule has 0 saturated heterocycles. The van der Waals surface area contributed by atoms with Gasteiger partial charge in [0.25, 0.3) is 6.33 Å². The topological polar surface area (TPSA) is 39.8 Å². The Morgan fingerprint density at radius 2 is 1.74 bits per heavy atom. The summed E-state index contributed by atoms with van der Waals surface area (Å²) in [6.45, 7) is 0. The number of hydrogen-bond donors (Lipinski definition) is 0. The minimum absolute atomic E-state index is 0.0670. The first-order chi connectivity index (χ1) is 10.9. The van der Waals surface area contributed by atoms with Crippen LogP contribution in [0.2, 0.25) is 0 Å². The maximum absolute atomic E-state index is 12.7. The summed E-state index contributed by atoms with van der Waals surface area (Å²) in [5.41, 5.74) is -0.361. The van der Waals surface area contributed by atoms with Gasteiger partial charge in [-0.15, -0.1) is 0 Å². The van der Waals surface area contributed by atoms with Gasteiger partial charge in [-0.2, -0.15) is 13.2 Å². The Balaban J connectivity index is 2.00. The van der Waals surface area contributed by atoms with Gasteiger partial charge in [0.2, 0.25) is 5.69 Å². The molecule has 0 radical (unpaired) electrons. The molecular formula is C17H11F3N2O. The average molecular weight is 316 g/mol. The van der Waals surface area contributed by atoms with Gasteiger partial charge in [0.1, 0.15) is 0 Å². The Hall–Kier alpha value is -2.89. The minimum Gasteiger partial charge on any atom is -0.711 e. The third-order valence-electron chi connectivity index (χ3n) is 3.38. The largest absolute Gasteiger partial charge is 0.711 e. The van der Waals surface area contributed by atoms with Gasteiger partial charge in [-0.3, -0.25) is 0 Å². The van der Waals surface area contributed by atoms with E-state index in [9.17, 15) is 18.4 Å². The van der Waals surface area contributed by atoms with Crippen molar-refractivity contribution in [3.05, 3.63) is 77.0 Å². The Labute approximate surface area is 129 Å². The molecule has 0 aliphatic heterocycles. The molecule has 0 saturated carbocycles. The van der Waals surface area contributed by atoms with Crippen LogP contribution in [0.25, 0.3) is 22.9 Å². The zero-order valence-electron chi connectivity index (χ0n) is 11.8. The summed E-state index contributed by atoms with van der Waals surface area (Å²) in [4.78, 5) is 3.71. The highest BCUT2D eigenvalue weighted by molar-refractivity contribution is 5.92. The molecule has 0 aliphatic carbocycles. The molecule has 3 aromatic rings. The maximum Gasteiger partial charge on any atom is 0.454 e. The van der Waals surface area contributed by atoms with Gasteiger partial charge >= 0.3 is 6.18 Å². The Kier molecular flexibility index (Phi) is 3.73. The quantitative estimate of drug-likeness (QED) is 0.528. The van der Waals surface area contributed by atoms with Crippen LogP contribution in [0.5, 0.6) is 0 Å². The second-order valence-electron chi connectivity index (χ2n) is 4.92. The van der Waals surface area contributed by atoms with Crippen molar-refractivity contribution in [3.63, 3.8) is 0 Å². The molecule has 0 bridgehead atoms. The van der Waals surface area contributed by atoms with Crippen molar-refractivity contribution in [3.8, 4) is 0 Å². The van der Waals surface area contributed by atoms with Crippen LogP contribution in [-0.4, -0.2) is 4.98 Å². The molecule has 0 atom stereocenters. The average Bonchev–Trinajstić information content (AvgIpc) is 2.53. The van der Waals surface area contributed by atoms with Crippen LogP contribution >= 0.6 is 0 Å². The van der Waals surface area contributed by atoms with Gasteiger partial charge in [0.05, 0.1) is 0 Å². The minimum atomic E-state index is -4.72. The third-order valence-corrected chi connectivity index (χ3v) is 3.38. The van der Waals surface area contributed by atoms with Crippen molar-refractivity contribution in [2.45, 2.75) is 6.18 Å². The van der Waals surface area contributed by atoms with Crippen LogP contribution in [0.15, 0.2) is 54.9 Å². The molecule has 0 spiro atoms. The van der Waals surface area contributed by atoms with Crippen molar-refractivity contribution in [1.82, 2.24) is 4.98 Å². The van der Waals surface area contributed by atoms with E-state index >= 15 is 0 Å². The summed E-state index contributed by atoms with van der Waals surface area (Å²) in [5.74, 6) is 0. The van der Waals surface area contributed by atoms with Crippen LogP contribution in [0.3, 0.4) is 0 Å². The molecule has 0 amide bonds. The highest BCUT2D eigenvalue weighted by Crippen LogP contribution is 2.27. The number of benzene rings is 2. The molecule has 3 nitrogen and oxygen atoms in total. The summed E-state index contributed by atoms with van der Waals surface area (Å²) in [7, 11) is 0. The summed E-state index contributed by atoms with van der Waals surface area (Å²) in [6.07, 6.45) is -0.963. The maximum atomic E-state index is 12.7. The van der Waals surface area contributed by atoms with Crippen LogP contribution in [-0.2, 0) is 6.18 Å². The van der Waals surface area contributed by atoms with E-state index in [4.69, 9.17) is 0 Å². The van der Waals surface area contributed by atoms with Gasteiger partial charge < -0.3 is 5.21 Å². The van der Waals surface area contributed by atoms with Crippen molar-refractivity contribution in [1.29, 1.82) is 0 Å². The van der Waals surface area contributed by atoms with Crippen LogP contribution in [0, 0.1) is 5.21 Å². The first-order valence-corrected chi connectivity index (χ1v) is 6.77. The Morgan fingerprint density at radius 1 is 1.00 bits per heavy atom. The number of nitrogens with zero attached hydrogens (tertiary/aromatic N) is 2. The fourth-order valence-corrected chi connectivity index (χ4v) is 2.29. The molecule has 0 N–H and O–H groups in total. The van der Waals surface area contributed by atoms with Crippen LogP contribution in [0.4, 0.5) is 13.2 Å². The van der Waals surface area contributed by atoms with Gasteiger partial charge in [-0.05, 0) is 33.5 Å². The van der Waals surface area contributed by atoms with Gasteiger partial charge in [-0.25, -0.2) is 4.73 Å². The molecule has 1 heterocycles. The molecule has 116 valence electrons. The molecule has 3 rings (SSSR count). The lowest BCUT2D eigenvalue weighted by Crippen LogP contribution is -2.37. The lowest BCUT2D eigenvalue weighted by Gasteiger charge is -2.10. The fourth-order valence-electron chi connectivity index (χ4n) is 2.29. The van der Waals surface area contributed by atoms with Crippen molar-refractivity contribution >= 4 is 22.9 Å². The summed E-state index contributed by atoms with van der Waals surface area (Å²) < 4.78 is 37.9. The first-order valence-electron chi connectivity index (χ1n) is 6.77. The Morgan fingerprint density at radius 3 is 2.52 bits per heavy atom. The molecule has 0 aliphatic rings. The number of alkyl halides is 3. The second-order valence-corrected chi connectivity index (χ2v) is 4.92. The molecule has 6 heteroatoms. The number of hydrogen-bond acceptors (Lipinski definition) is 2. The molecule has 0 unspecified atom stereocenters. The van der Waals surface area contributed by atoms with E-state index in [-0.39, 0.29) is 10.4 Å². The molecule has 0 fully saturated rings. The van der Waals surface area contributed by atoms with E-state index in [2.05, 4.69) is 4.98 Å². The zero-order chi connectivity index (χ0) is 16.4. The van der Waals surface area contributed by atoms with Crippen LogP contribution in [0.1, 0.15) is 17.0 Å². The first kappa shape index (κ1) is 15.0. The van der Waals surface area contributed by atoms with Crippen LogP contribution < -0.4 is 4.73 Å². The van der Waals surface area contributed by atoms with Gasteiger partial charge in [0, 0.05) is 6.07 Å². The predicted octanol–water partition coefficient (Wildman–Crippen LogP) is 4.06. The third kappa shape index (κ3) is 3.15. The van der Waals surface area contributed by atoms with E-state index in [0.29, 0.717) is 6.33 Å². The second kappa shape index (κ2) is 5.72. The molecular weight excluding hydrogens is 305 g/mol. The normalized spacial score (nSPS) is 12.1. The van der Waals surface area contributed by atoms with Gasteiger partial charge in [-0.1, -0.05) is 42.5 Å². The summed E-state index contributed by atoms with van der Waals surface area (Å²) in [5, 5.41) is 13.2. The van der Waals surface area contributed by atoms with E-state index < -0.39 is 11.9 Å². The highest BCUT2D eigenvalue weighted by atomic mass is 19.4. The van der Waals surface area contributed by atoms with Crippen molar-refractivity contribution in [2.75, 3.05) is 0 Å². The number of rotatable bonds is 2. The SMILES string of the molecule is [O-][n+]1cnc(C=Cc2cccc3ccccc23)cc1C(F)(F)F. The summed E-state index contributed by atoms with van der Waals surface area (Å²) in [6, 6.07) is 14.1. The lowest BCUT2D eigenvalue weighted by atomic mass is 10.0. The molecule has 23 heavy (non-hydrogen) atoms. The summed E-state index contributed by atoms with van der Waals surface area (Å²) >= 11 is 0. The lowest BCUT2D eigenvalue weighted by molar-refractivity contribution is -0.632. The highest BCUT2D eigenvalue weighted by Gasteiger charge is 2.36. The number of halogens is 3. The van der Waals surface area contributed by atoms with E-state index in [0.717, 1.165) is 22.4 Å². The number of fused-ring (bicyclic) bond motifs is 1. The number of aromatic nitrogens is 2. The van der Waals surface area contributed by atoms with Crippen molar-refractivity contribution < 1.29 is 17.9 Å². The smallest absolute Gasteiger partial charge is 0.454 e. The molecule has 1 aromatic heterocycles. The van der Waals surface area contributed by atoms with E-state index in [1.54, 1.807) is 6.08 Å². The zero-order valence-corrected chi connectivity index (χ0v) is 11.8. The standard InChI is InChI=1S/C17H11F3N2O/c18-17(19,20)16-10-14(21-11-22(16)23)9-8-13-6-3-5-12-4-1-2-7-15(12)13/h1-11H. The van der Waals surface area contributed by atoms with E-state index in [1.165, 1.54) is 6.08 Å². The molecule has 2 aromatic carbocycles. The van der Waals surface area contributed by atoms with Crippen molar-refractivity contribution in [2.24, 2.45) is 0 Å². The Bertz CT molecular complexity index is 883. The predicted molar refractivity (Wildman–Crippen MR) is 81.1 cm³/mol. The van der Waals surface area contributed by atoms with E-state index in [1.807, 2.05) is 42.5 Å². The fraction of sp³-hybridized carbons (Fsp3) is 0.0588.